The van der Waals surface area contributed by atoms with E-state index in [9.17, 15) is 4.79 Å². The monoisotopic (exact) mass is 371 g/mol. The summed E-state index contributed by atoms with van der Waals surface area (Å²) in [5, 5.41) is 0.593. The van der Waals surface area contributed by atoms with Crippen molar-refractivity contribution in [3.8, 4) is 0 Å². The normalized spacial score (nSPS) is 16.9. The van der Waals surface area contributed by atoms with E-state index in [0.29, 0.717) is 11.2 Å². The lowest BCUT2D eigenvalue weighted by Crippen LogP contribution is -2.42. The molecule has 0 spiro atoms. The highest BCUT2D eigenvalue weighted by atomic mass is 32.2. The summed E-state index contributed by atoms with van der Waals surface area (Å²) >= 11 is 1.96. The fraction of sp³-hybridized carbons (Fsp3) is 0.524. The Bertz CT molecular complexity index is 747. The van der Waals surface area contributed by atoms with Gasteiger partial charge in [0, 0.05) is 41.5 Å². The van der Waals surface area contributed by atoms with Crippen LogP contribution in [0.3, 0.4) is 0 Å². The van der Waals surface area contributed by atoms with E-state index in [2.05, 4.69) is 50.0 Å². The SMILES string of the molecule is Cc1ccccc1SC1CCN(C(=O)[C@H](C)n2ccnc2C(C)C)CC1. The summed E-state index contributed by atoms with van der Waals surface area (Å²) < 4.78 is 2.03. The van der Waals surface area contributed by atoms with Gasteiger partial charge >= 0.3 is 0 Å². The number of nitrogens with zero attached hydrogens (tertiary/aromatic N) is 3. The largest absolute Gasteiger partial charge is 0.341 e. The molecule has 1 aromatic carbocycles. The third kappa shape index (κ3) is 4.14. The molecule has 2 heterocycles. The molecule has 0 saturated carbocycles. The summed E-state index contributed by atoms with van der Waals surface area (Å²) in [6.45, 7) is 10.1. The minimum atomic E-state index is -0.185. The van der Waals surface area contributed by atoms with Crippen LogP contribution in [0.2, 0.25) is 0 Å². The molecule has 1 aliphatic rings. The molecule has 1 fully saturated rings. The molecular weight excluding hydrogens is 342 g/mol. The van der Waals surface area contributed by atoms with E-state index in [0.717, 1.165) is 31.8 Å². The van der Waals surface area contributed by atoms with Crippen LogP contribution in [0.25, 0.3) is 0 Å². The Kier molecular flexibility index (Phi) is 6.07. The van der Waals surface area contributed by atoms with Gasteiger partial charge in [-0.15, -0.1) is 11.8 Å². The molecule has 0 unspecified atom stereocenters. The van der Waals surface area contributed by atoms with Crippen LogP contribution < -0.4 is 0 Å². The fourth-order valence-electron chi connectivity index (χ4n) is 3.54. The summed E-state index contributed by atoms with van der Waals surface area (Å²) in [5.41, 5.74) is 1.34. The van der Waals surface area contributed by atoms with Crippen LogP contribution in [0, 0.1) is 6.92 Å². The van der Waals surface area contributed by atoms with Gasteiger partial charge in [-0.3, -0.25) is 4.79 Å². The maximum absolute atomic E-state index is 13.0. The van der Waals surface area contributed by atoms with Crippen LogP contribution in [0.1, 0.15) is 57.0 Å². The van der Waals surface area contributed by atoms with Gasteiger partial charge in [-0.2, -0.15) is 0 Å². The lowest BCUT2D eigenvalue weighted by molar-refractivity contribution is -0.135. The third-order valence-electron chi connectivity index (χ3n) is 5.13. The second kappa shape index (κ2) is 8.30. The van der Waals surface area contributed by atoms with Crippen LogP contribution >= 0.6 is 11.8 Å². The minimum absolute atomic E-state index is 0.185. The lowest BCUT2D eigenvalue weighted by atomic mass is 10.1. The van der Waals surface area contributed by atoms with Crippen molar-refractivity contribution in [3.05, 3.63) is 48.0 Å². The van der Waals surface area contributed by atoms with E-state index < -0.39 is 0 Å². The molecule has 5 heteroatoms. The number of benzene rings is 1. The van der Waals surface area contributed by atoms with Gasteiger partial charge in [0.15, 0.2) is 0 Å². The van der Waals surface area contributed by atoms with Crippen LogP contribution in [0.15, 0.2) is 41.6 Å². The molecule has 1 aliphatic heterocycles. The Hall–Kier alpha value is -1.75. The van der Waals surface area contributed by atoms with Crippen LogP contribution in [-0.4, -0.2) is 38.7 Å². The van der Waals surface area contributed by atoms with E-state index in [-0.39, 0.29) is 11.9 Å². The number of likely N-dealkylation sites (tertiary alicyclic amines) is 1. The number of hydrogen-bond donors (Lipinski definition) is 0. The number of aromatic nitrogens is 2. The first-order valence-corrected chi connectivity index (χ1v) is 10.4. The minimum Gasteiger partial charge on any atom is -0.341 e. The number of amides is 1. The number of rotatable bonds is 5. The third-order valence-corrected chi connectivity index (χ3v) is 6.65. The van der Waals surface area contributed by atoms with E-state index in [1.54, 1.807) is 6.20 Å². The average molecular weight is 372 g/mol. The first-order chi connectivity index (χ1) is 12.5. The highest BCUT2D eigenvalue weighted by molar-refractivity contribution is 8.00. The molecule has 1 atom stereocenters. The molecule has 0 bridgehead atoms. The molecule has 0 N–H and O–H groups in total. The standard InChI is InChI=1S/C21H29N3OS/c1-15(2)20-22-11-14-24(20)17(4)21(25)23-12-9-18(10-13-23)26-19-8-6-5-7-16(19)3/h5-8,11,14-15,17-18H,9-10,12-13H2,1-4H3/t17-/m0/s1. The first kappa shape index (κ1) is 19.0. The second-order valence-corrected chi connectivity index (χ2v) is 8.77. The summed E-state index contributed by atoms with van der Waals surface area (Å²) in [5.74, 6) is 1.51. The molecule has 26 heavy (non-hydrogen) atoms. The summed E-state index contributed by atoms with van der Waals surface area (Å²) in [6, 6.07) is 8.37. The summed E-state index contributed by atoms with van der Waals surface area (Å²) in [6.07, 6.45) is 5.83. The topological polar surface area (TPSA) is 38.1 Å². The van der Waals surface area contributed by atoms with Gasteiger partial charge in [-0.25, -0.2) is 4.98 Å². The number of hydrogen-bond acceptors (Lipinski definition) is 3. The van der Waals surface area contributed by atoms with Crippen molar-refractivity contribution in [1.82, 2.24) is 14.5 Å². The molecule has 140 valence electrons. The van der Waals surface area contributed by atoms with Crippen molar-refractivity contribution < 1.29 is 4.79 Å². The Morgan fingerprint density at radius 2 is 1.88 bits per heavy atom. The average Bonchev–Trinajstić information content (AvgIpc) is 3.13. The molecule has 4 nitrogen and oxygen atoms in total. The van der Waals surface area contributed by atoms with Gasteiger partial charge in [0.1, 0.15) is 11.9 Å². The zero-order chi connectivity index (χ0) is 18.7. The Morgan fingerprint density at radius 1 is 1.19 bits per heavy atom. The van der Waals surface area contributed by atoms with Crippen LogP contribution in [0.5, 0.6) is 0 Å². The highest BCUT2D eigenvalue weighted by Gasteiger charge is 2.28. The molecule has 1 saturated heterocycles. The fourth-order valence-corrected chi connectivity index (χ4v) is 4.76. The molecule has 2 aromatic rings. The molecule has 0 radical (unpaired) electrons. The number of carbonyl (C=O) groups excluding carboxylic acids is 1. The maximum atomic E-state index is 13.0. The van der Waals surface area contributed by atoms with Gasteiger partial charge in [-0.05, 0) is 38.3 Å². The van der Waals surface area contributed by atoms with E-state index in [4.69, 9.17) is 0 Å². The Labute approximate surface area is 161 Å². The van der Waals surface area contributed by atoms with Crippen molar-refractivity contribution in [1.29, 1.82) is 0 Å². The van der Waals surface area contributed by atoms with Crippen LogP contribution in [-0.2, 0) is 4.79 Å². The Morgan fingerprint density at radius 3 is 2.54 bits per heavy atom. The van der Waals surface area contributed by atoms with Crippen molar-refractivity contribution in [2.45, 2.75) is 62.6 Å². The van der Waals surface area contributed by atoms with Crippen molar-refractivity contribution >= 4 is 17.7 Å². The number of imidazole rings is 1. The van der Waals surface area contributed by atoms with Gasteiger partial charge in [0.25, 0.3) is 0 Å². The number of aryl methyl sites for hydroxylation is 1. The van der Waals surface area contributed by atoms with Gasteiger partial charge < -0.3 is 9.47 Å². The summed E-state index contributed by atoms with van der Waals surface area (Å²) in [7, 11) is 0. The zero-order valence-electron chi connectivity index (χ0n) is 16.2. The van der Waals surface area contributed by atoms with Crippen molar-refractivity contribution in [2.75, 3.05) is 13.1 Å². The number of carbonyl (C=O) groups is 1. The molecule has 3 rings (SSSR count). The predicted octanol–water partition coefficient (Wildman–Crippen LogP) is 4.66. The van der Waals surface area contributed by atoms with E-state index in [1.165, 1.54) is 10.5 Å². The highest BCUT2D eigenvalue weighted by Crippen LogP contribution is 2.32. The molecule has 1 amide bonds. The van der Waals surface area contributed by atoms with E-state index in [1.807, 2.05) is 34.3 Å². The smallest absolute Gasteiger partial charge is 0.245 e. The molecule has 0 aliphatic carbocycles. The van der Waals surface area contributed by atoms with Crippen molar-refractivity contribution in [3.63, 3.8) is 0 Å². The van der Waals surface area contributed by atoms with Gasteiger partial charge in [-0.1, -0.05) is 32.0 Å². The zero-order valence-corrected chi connectivity index (χ0v) is 17.0. The molecular formula is C21H29N3OS. The van der Waals surface area contributed by atoms with Crippen LogP contribution in [0.4, 0.5) is 0 Å². The number of thioether (sulfide) groups is 1. The van der Waals surface area contributed by atoms with Crippen molar-refractivity contribution in [2.24, 2.45) is 0 Å². The van der Waals surface area contributed by atoms with Gasteiger partial charge in [0.2, 0.25) is 5.91 Å². The quantitative estimate of drug-likeness (QED) is 0.767. The lowest BCUT2D eigenvalue weighted by Gasteiger charge is -2.34. The summed E-state index contributed by atoms with van der Waals surface area (Å²) in [4.78, 5) is 20.8. The predicted molar refractivity (Wildman–Crippen MR) is 108 cm³/mol. The van der Waals surface area contributed by atoms with Gasteiger partial charge in [0.05, 0.1) is 0 Å². The van der Waals surface area contributed by atoms with E-state index >= 15 is 0 Å². The second-order valence-electron chi connectivity index (χ2n) is 7.43. The maximum Gasteiger partial charge on any atom is 0.245 e. The molecule has 1 aromatic heterocycles. The first-order valence-electron chi connectivity index (χ1n) is 9.51. The Balaban J connectivity index is 1.58. The number of piperidine rings is 1.